The molecular weight excluding hydrogens is 312 g/mol. The molecule has 0 amide bonds. The molecule has 1 aromatic carbocycles. The predicted molar refractivity (Wildman–Crippen MR) is 79.6 cm³/mol. The molecule has 110 valence electrons. The van der Waals surface area contributed by atoms with E-state index >= 15 is 0 Å². The van der Waals surface area contributed by atoms with Crippen molar-refractivity contribution in [1.29, 1.82) is 5.26 Å². The molecule has 0 aliphatic heterocycles. The van der Waals surface area contributed by atoms with E-state index in [4.69, 9.17) is 16.9 Å². The summed E-state index contributed by atoms with van der Waals surface area (Å²) in [5.74, 6) is 0.337. The van der Waals surface area contributed by atoms with Gasteiger partial charge in [0, 0.05) is 12.1 Å². The van der Waals surface area contributed by atoms with Gasteiger partial charge in [-0.1, -0.05) is 11.6 Å². The van der Waals surface area contributed by atoms with Gasteiger partial charge in [0.05, 0.1) is 22.9 Å². The molecule has 0 spiro atoms. The zero-order chi connectivity index (χ0) is 15.6. The molecule has 0 aliphatic carbocycles. The van der Waals surface area contributed by atoms with Gasteiger partial charge in [-0.3, -0.25) is 4.72 Å². The van der Waals surface area contributed by atoms with Crippen LogP contribution in [0, 0.1) is 11.3 Å². The van der Waals surface area contributed by atoms with Gasteiger partial charge < -0.3 is 0 Å². The summed E-state index contributed by atoms with van der Waals surface area (Å²) < 4.78 is 28.8. The lowest BCUT2D eigenvalue weighted by Crippen LogP contribution is -2.17. The van der Waals surface area contributed by atoms with E-state index in [1.54, 1.807) is 10.7 Å². The molecule has 0 unspecified atom stereocenters. The minimum Gasteiger partial charge on any atom is -0.264 e. The molecular formula is C13H13ClN4O2S. The molecule has 0 atom stereocenters. The maximum Gasteiger partial charge on any atom is 0.264 e. The summed E-state index contributed by atoms with van der Waals surface area (Å²) in [6.45, 7) is 3.77. The molecule has 0 saturated heterocycles. The van der Waals surface area contributed by atoms with E-state index in [0.717, 1.165) is 0 Å². The number of nitriles is 1. The van der Waals surface area contributed by atoms with Crippen molar-refractivity contribution in [3.05, 3.63) is 41.0 Å². The second-order valence-electron chi connectivity index (χ2n) is 4.62. The summed E-state index contributed by atoms with van der Waals surface area (Å²) >= 11 is 5.93. The standard InChI is InChI=1S/C13H13ClN4O2S/c1-9(2)18-13(5-6-16-18)17-21(19,20)12-7-10(8-15)3-4-11(12)14/h3-7,9,17H,1-2H3. The Morgan fingerprint density at radius 2 is 2.10 bits per heavy atom. The molecule has 0 bridgehead atoms. The molecule has 1 heterocycles. The van der Waals surface area contributed by atoms with E-state index in [-0.39, 0.29) is 21.5 Å². The summed E-state index contributed by atoms with van der Waals surface area (Å²) in [5, 5.41) is 13.0. The van der Waals surface area contributed by atoms with Crippen molar-refractivity contribution < 1.29 is 8.42 Å². The minimum atomic E-state index is -3.90. The number of benzene rings is 1. The predicted octanol–water partition coefficient (Wildman–Crippen LogP) is 2.79. The van der Waals surface area contributed by atoms with E-state index in [1.165, 1.54) is 24.4 Å². The Bertz CT molecular complexity index is 806. The number of rotatable bonds is 4. The Kier molecular flexibility index (Phi) is 4.21. The van der Waals surface area contributed by atoms with Crippen molar-refractivity contribution >= 4 is 27.4 Å². The van der Waals surface area contributed by atoms with Crippen molar-refractivity contribution in [2.75, 3.05) is 4.72 Å². The Hall–Kier alpha value is -2.04. The fourth-order valence-electron chi connectivity index (χ4n) is 1.78. The number of halogens is 1. The van der Waals surface area contributed by atoms with E-state index in [9.17, 15) is 8.42 Å². The van der Waals surface area contributed by atoms with Gasteiger partial charge in [0.25, 0.3) is 10.0 Å². The number of nitrogens with one attached hydrogen (secondary N) is 1. The van der Waals surface area contributed by atoms with Crippen molar-refractivity contribution in [2.24, 2.45) is 0 Å². The van der Waals surface area contributed by atoms with Crippen LogP contribution in [0.1, 0.15) is 25.5 Å². The van der Waals surface area contributed by atoms with Crippen molar-refractivity contribution in [2.45, 2.75) is 24.8 Å². The van der Waals surface area contributed by atoms with Crippen LogP contribution in [0.25, 0.3) is 0 Å². The van der Waals surface area contributed by atoms with Crippen LogP contribution >= 0.6 is 11.6 Å². The number of sulfonamides is 1. The Morgan fingerprint density at radius 1 is 1.38 bits per heavy atom. The highest BCUT2D eigenvalue weighted by molar-refractivity contribution is 7.92. The minimum absolute atomic E-state index is 0.00128. The van der Waals surface area contributed by atoms with Gasteiger partial charge in [-0.15, -0.1) is 0 Å². The first-order chi connectivity index (χ1) is 9.85. The summed E-state index contributed by atoms with van der Waals surface area (Å²) in [6.07, 6.45) is 1.51. The molecule has 2 rings (SSSR count). The second-order valence-corrected chi connectivity index (χ2v) is 6.68. The highest BCUT2D eigenvalue weighted by Crippen LogP contribution is 2.25. The summed E-state index contributed by atoms with van der Waals surface area (Å²) in [6, 6.07) is 7.52. The average Bonchev–Trinajstić information content (AvgIpc) is 2.86. The lowest BCUT2D eigenvalue weighted by Gasteiger charge is -2.13. The normalized spacial score (nSPS) is 11.4. The summed E-state index contributed by atoms with van der Waals surface area (Å²) in [7, 11) is -3.90. The van der Waals surface area contributed by atoms with Crippen LogP contribution in [0.5, 0.6) is 0 Å². The zero-order valence-corrected chi connectivity index (χ0v) is 13.0. The monoisotopic (exact) mass is 324 g/mol. The molecule has 2 aromatic rings. The Labute approximate surface area is 128 Å². The number of hydrogen-bond donors (Lipinski definition) is 1. The molecule has 0 saturated carbocycles. The molecule has 1 aromatic heterocycles. The highest BCUT2D eigenvalue weighted by atomic mass is 35.5. The Morgan fingerprint density at radius 3 is 2.71 bits per heavy atom. The van der Waals surface area contributed by atoms with Crippen molar-refractivity contribution in [1.82, 2.24) is 9.78 Å². The van der Waals surface area contributed by atoms with Crippen LogP contribution in [-0.4, -0.2) is 18.2 Å². The first-order valence-electron chi connectivity index (χ1n) is 6.11. The second kappa shape index (κ2) is 5.76. The maximum atomic E-state index is 12.4. The zero-order valence-electron chi connectivity index (χ0n) is 11.4. The third kappa shape index (κ3) is 3.17. The first kappa shape index (κ1) is 15.4. The number of aromatic nitrogens is 2. The van der Waals surface area contributed by atoms with Crippen LogP contribution in [0.3, 0.4) is 0 Å². The Balaban J connectivity index is 2.44. The lowest BCUT2D eigenvalue weighted by atomic mass is 10.2. The largest absolute Gasteiger partial charge is 0.264 e. The molecule has 0 fully saturated rings. The molecule has 0 radical (unpaired) electrons. The smallest absolute Gasteiger partial charge is 0.264 e. The van der Waals surface area contributed by atoms with Gasteiger partial charge in [-0.05, 0) is 32.0 Å². The number of hydrogen-bond acceptors (Lipinski definition) is 4. The van der Waals surface area contributed by atoms with Crippen LogP contribution in [0.4, 0.5) is 5.82 Å². The van der Waals surface area contributed by atoms with E-state index in [1.807, 2.05) is 19.9 Å². The molecule has 0 aliphatic rings. The quantitative estimate of drug-likeness (QED) is 0.936. The third-order valence-corrected chi connectivity index (χ3v) is 4.58. The van der Waals surface area contributed by atoms with E-state index in [2.05, 4.69) is 9.82 Å². The molecule has 1 N–H and O–H groups in total. The van der Waals surface area contributed by atoms with Crippen molar-refractivity contribution in [3.63, 3.8) is 0 Å². The summed E-state index contributed by atoms with van der Waals surface area (Å²) in [4.78, 5) is -0.139. The third-order valence-electron chi connectivity index (χ3n) is 2.75. The number of nitrogens with zero attached hydrogens (tertiary/aromatic N) is 3. The maximum absolute atomic E-state index is 12.4. The van der Waals surface area contributed by atoms with Gasteiger partial charge >= 0.3 is 0 Å². The lowest BCUT2D eigenvalue weighted by molar-refractivity contribution is 0.539. The highest BCUT2D eigenvalue weighted by Gasteiger charge is 2.21. The van der Waals surface area contributed by atoms with Crippen LogP contribution in [0.2, 0.25) is 5.02 Å². The van der Waals surface area contributed by atoms with E-state index in [0.29, 0.717) is 5.82 Å². The molecule has 8 heteroatoms. The van der Waals surface area contributed by atoms with Crippen molar-refractivity contribution in [3.8, 4) is 6.07 Å². The van der Waals surface area contributed by atoms with Gasteiger partial charge in [-0.25, -0.2) is 13.1 Å². The van der Waals surface area contributed by atoms with Gasteiger partial charge in [0.15, 0.2) is 0 Å². The SMILES string of the molecule is CC(C)n1nccc1NS(=O)(=O)c1cc(C#N)ccc1Cl. The van der Waals surface area contributed by atoms with Crippen LogP contribution in [0.15, 0.2) is 35.4 Å². The van der Waals surface area contributed by atoms with Crippen LogP contribution in [-0.2, 0) is 10.0 Å². The van der Waals surface area contributed by atoms with Crippen LogP contribution < -0.4 is 4.72 Å². The molecule has 21 heavy (non-hydrogen) atoms. The van der Waals surface area contributed by atoms with E-state index < -0.39 is 10.0 Å². The van der Waals surface area contributed by atoms with Gasteiger partial charge in [0.2, 0.25) is 0 Å². The first-order valence-corrected chi connectivity index (χ1v) is 7.97. The average molecular weight is 325 g/mol. The number of anilines is 1. The fourth-order valence-corrected chi connectivity index (χ4v) is 3.35. The fraction of sp³-hybridized carbons (Fsp3) is 0.231. The molecule has 6 nitrogen and oxygen atoms in total. The van der Waals surface area contributed by atoms with Gasteiger partial charge in [-0.2, -0.15) is 10.4 Å². The topological polar surface area (TPSA) is 87.8 Å². The van der Waals surface area contributed by atoms with Gasteiger partial charge in [0.1, 0.15) is 10.7 Å². The summed E-state index contributed by atoms with van der Waals surface area (Å²) in [5.41, 5.74) is 0.220.